The van der Waals surface area contributed by atoms with Gasteiger partial charge in [0.05, 0.1) is 5.52 Å². The zero-order valence-electron chi connectivity index (χ0n) is 11.6. The van der Waals surface area contributed by atoms with Gasteiger partial charge in [-0.25, -0.2) is 0 Å². The predicted octanol–water partition coefficient (Wildman–Crippen LogP) is 3.34. The van der Waals surface area contributed by atoms with Gasteiger partial charge in [0, 0.05) is 29.6 Å². The lowest BCUT2D eigenvalue weighted by molar-refractivity contribution is 0.0974. The molecule has 1 atom stereocenters. The van der Waals surface area contributed by atoms with Crippen LogP contribution < -0.4 is 5.32 Å². The molecule has 1 aromatic carbocycles. The Hall–Kier alpha value is -1.74. The second-order valence-electron chi connectivity index (χ2n) is 5.52. The molecule has 3 nitrogen and oxygen atoms in total. The topological polar surface area (TPSA) is 42.0 Å². The first kappa shape index (κ1) is 13.3. The zero-order valence-corrected chi connectivity index (χ0v) is 11.6. The van der Waals surface area contributed by atoms with E-state index in [1.165, 1.54) is 19.3 Å². The summed E-state index contributed by atoms with van der Waals surface area (Å²) in [5.41, 5.74) is 1.75. The van der Waals surface area contributed by atoms with Crippen LogP contribution in [-0.2, 0) is 0 Å². The van der Waals surface area contributed by atoms with E-state index in [1.807, 2.05) is 30.3 Å². The molecule has 0 aliphatic carbocycles. The van der Waals surface area contributed by atoms with E-state index in [0.717, 1.165) is 29.4 Å². The van der Waals surface area contributed by atoms with Gasteiger partial charge in [-0.2, -0.15) is 0 Å². The largest absolute Gasteiger partial charge is 0.314 e. The number of Topliss-reactive ketones (excluding diaryl/α,β-unsaturated/α-hetero) is 1. The summed E-state index contributed by atoms with van der Waals surface area (Å²) >= 11 is 0. The number of nitrogens with one attached hydrogen (secondary N) is 1. The van der Waals surface area contributed by atoms with Crippen molar-refractivity contribution in [1.29, 1.82) is 0 Å². The molecule has 0 bridgehead atoms. The molecule has 1 saturated heterocycles. The molecule has 0 radical (unpaired) electrons. The van der Waals surface area contributed by atoms with Gasteiger partial charge in [0.25, 0.3) is 0 Å². The van der Waals surface area contributed by atoms with Crippen molar-refractivity contribution in [3.63, 3.8) is 0 Å². The molecule has 1 aliphatic rings. The highest BCUT2D eigenvalue weighted by molar-refractivity contribution is 5.99. The molecule has 3 rings (SSSR count). The Morgan fingerprint density at radius 3 is 3.10 bits per heavy atom. The summed E-state index contributed by atoms with van der Waals surface area (Å²) in [4.78, 5) is 16.6. The molecule has 1 fully saturated rings. The third-order valence-corrected chi connectivity index (χ3v) is 4.06. The standard InChI is InChI=1S/C17H20N2O/c20-17(9-7-15-5-1-2-10-18-15)14-6-8-16-13(12-14)4-3-11-19-16/h3-4,6,8,11-12,15,18H,1-2,5,7,9-10H2. The number of hydrogen-bond donors (Lipinski definition) is 1. The summed E-state index contributed by atoms with van der Waals surface area (Å²) < 4.78 is 0. The Morgan fingerprint density at radius 2 is 2.25 bits per heavy atom. The highest BCUT2D eigenvalue weighted by Crippen LogP contribution is 2.17. The molecule has 104 valence electrons. The van der Waals surface area contributed by atoms with Crippen LogP contribution in [0.1, 0.15) is 42.5 Å². The van der Waals surface area contributed by atoms with Crippen LogP contribution in [-0.4, -0.2) is 23.4 Å². The minimum atomic E-state index is 0.239. The molecule has 1 aliphatic heterocycles. The first-order valence-corrected chi connectivity index (χ1v) is 7.44. The summed E-state index contributed by atoms with van der Waals surface area (Å²) in [6.45, 7) is 1.10. The van der Waals surface area contributed by atoms with E-state index >= 15 is 0 Å². The van der Waals surface area contributed by atoms with Gasteiger partial charge >= 0.3 is 0 Å². The van der Waals surface area contributed by atoms with Crippen LogP contribution in [0.15, 0.2) is 36.5 Å². The number of fused-ring (bicyclic) bond motifs is 1. The molecule has 0 saturated carbocycles. The SMILES string of the molecule is O=C(CCC1CCCCN1)c1ccc2ncccc2c1. The van der Waals surface area contributed by atoms with Gasteiger partial charge in [-0.05, 0) is 50.1 Å². The predicted molar refractivity (Wildman–Crippen MR) is 80.9 cm³/mol. The third kappa shape index (κ3) is 3.05. The van der Waals surface area contributed by atoms with E-state index in [-0.39, 0.29) is 5.78 Å². The van der Waals surface area contributed by atoms with Gasteiger partial charge in [-0.15, -0.1) is 0 Å². The van der Waals surface area contributed by atoms with Crippen molar-refractivity contribution >= 4 is 16.7 Å². The number of piperidine rings is 1. The Labute approximate surface area is 119 Å². The molecule has 1 unspecified atom stereocenters. The molecular weight excluding hydrogens is 248 g/mol. The second-order valence-corrected chi connectivity index (χ2v) is 5.52. The minimum Gasteiger partial charge on any atom is -0.314 e. The third-order valence-electron chi connectivity index (χ3n) is 4.06. The highest BCUT2D eigenvalue weighted by Gasteiger charge is 2.15. The fourth-order valence-corrected chi connectivity index (χ4v) is 2.87. The van der Waals surface area contributed by atoms with E-state index < -0.39 is 0 Å². The molecule has 1 aromatic heterocycles. The first-order chi connectivity index (χ1) is 9.83. The number of hydrogen-bond acceptors (Lipinski definition) is 3. The molecule has 2 heterocycles. The Kier molecular flexibility index (Phi) is 4.07. The van der Waals surface area contributed by atoms with Gasteiger partial charge in [-0.1, -0.05) is 12.5 Å². The van der Waals surface area contributed by atoms with Crippen molar-refractivity contribution in [3.05, 3.63) is 42.1 Å². The summed E-state index contributed by atoms with van der Waals surface area (Å²) in [6.07, 6.45) is 7.11. The number of ketones is 1. The number of nitrogens with zero attached hydrogens (tertiary/aromatic N) is 1. The summed E-state index contributed by atoms with van der Waals surface area (Å²) in [5.74, 6) is 0.239. The molecule has 0 amide bonds. The number of rotatable bonds is 4. The van der Waals surface area contributed by atoms with Crippen LogP contribution in [0.4, 0.5) is 0 Å². The molecule has 1 N–H and O–H groups in total. The summed E-state index contributed by atoms with van der Waals surface area (Å²) in [6, 6.07) is 10.2. The number of carbonyl (C=O) groups is 1. The molecule has 0 spiro atoms. The van der Waals surface area contributed by atoms with Crippen molar-refractivity contribution in [2.75, 3.05) is 6.54 Å². The van der Waals surface area contributed by atoms with E-state index in [2.05, 4.69) is 10.3 Å². The molecule has 20 heavy (non-hydrogen) atoms. The van der Waals surface area contributed by atoms with Crippen LogP contribution >= 0.6 is 0 Å². The Balaban J connectivity index is 1.65. The number of aromatic nitrogens is 1. The molecular formula is C17H20N2O. The lowest BCUT2D eigenvalue weighted by Crippen LogP contribution is -2.34. The van der Waals surface area contributed by atoms with Crippen molar-refractivity contribution < 1.29 is 4.79 Å². The number of benzene rings is 1. The first-order valence-electron chi connectivity index (χ1n) is 7.44. The minimum absolute atomic E-state index is 0.239. The molecule has 2 aromatic rings. The maximum atomic E-state index is 12.3. The number of carbonyl (C=O) groups excluding carboxylic acids is 1. The highest BCUT2D eigenvalue weighted by atomic mass is 16.1. The van der Waals surface area contributed by atoms with Crippen LogP contribution in [0.3, 0.4) is 0 Å². The zero-order chi connectivity index (χ0) is 13.8. The van der Waals surface area contributed by atoms with E-state index in [9.17, 15) is 4.79 Å². The van der Waals surface area contributed by atoms with Crippen molar-refractivity contribution in [2.45, 2.75) is 38.1 Å². The Bertz CT molecular complexity index is 603. The maximum Gasteiger partial charge on any atom is 0.162 e. The van der Waals surface area contributed by atoms with Crippen LogP contribution in [0, 0.1) is 0 Å². The molecule has 3 heteroatoms. The summed E-state index contributed by atoms with van der Waals surface area (Å²) in [5, 5.41) is 4.53. The Morgan fingerprint density at radius 1 is 1.30 bits per heavy atom. The van der Waals surface area contributed by atoms with E-state index in [4.69, 9.17) is 0 Å². The summed E-state index contributed by atoms with van der Waals surface area (Å²) in [7, 11) is 0. The van der Waals surface area contributed by atoms with Gasteiger partial charge in [0.2, 0.25) is 0 Å². The van der Waals surface area contributed by atoms with Crippen LogP contribution in [0.5, 0.6) is 0 Å². The maximum absolute atomic E-state index is 12.3. The van der Waals surface area contributed by atoms with Crippen molar-refractivity contribution in [3.8, 4) is 0 Å². The van der Waals surface area contributed by atoms with Gasteiger partial charge in [0.1, 0.15) is 0 Å². The smallest absolute Gasteiger partial charge is 0.162 e. The lowest BCUT2D eigenvalue weighted by Gasteiger charge is -2.22. The van der Waals surface area contributed by atoms with E-state index in [0.29, 0.717) is 12.5 Å². The monoisotopic (exact) mass is 268 g/mol. The van der Waals surface area contributed by atoms with Crippen molar-refractivity contribution in [1.82, 2.24) is 10.3 Å². The second kappa shape index (κ2) is 6.14. The lowest BCUT2D eigenvalue weighted by atomic mass is 9.97. The fraction of sp³-hybridized carbons (Fsp3) is 0.412. The van der Waals surface area contributed by atoms with Crippen LogP contribution in [0.2, 0.25) is 0 Å². The van der Waals surface area contributed by atoms with Crippen LogP contribution in [0.25, 0.3) is 10.9 Å². The van der Waals surface area contributed by atoms with E-state index in [1.54, 1.807) is 6.20 Å². The van der Waals surface area contributed by atoms with Gasteiger partial charge < -0.3 is 5.32 Å². The normalized spacial score (nSPS) is 19.1. The average Bonchev–Trinajstić information content (AvgIpc) is 2.53. The average molecular weight is 268 g/mol. The fourth-order valence-electron chi connectivity index (χ4n) is 2.87. The van der Waals surface area contributed by atoms with Crippen molar-refractivity contribution in [2.24, 2.45) is 0 Å². The van der Waals surface area contributed by atoms with Gasteiger partial charge in [-0.3, -0.25) is 9.78 Å². The van der Waals surface area contributed by atoms with Gasteiger partial charge in [0.15, 0.2) is 5.78 Å². The quantitative estimate of drug-likeness (QED) is 0.865. The number of pyridine rings is 1.